The van der Waals surface area contributed by atoms with Crippen LogP contribution in [-0.4, -0.2) is 26.1 Å². The Morgan fingerprint density at radius 3 is 2.50 bits per heavy atom. The standard InChI is InChI=1S/C16H24N2O2/c1-18(12-8-10-13(20-2)11-9-12)16(19)14-6-4-3-5-7-15(14)17/h8-11,14-15H,3-7,17H2,1-2H3. The highest BCUT2D eigenvalue weighted by Gasteiger charge is 2.29. The van der Waals surface area contributed by atoms with E-state index >= 15 is 0 Å². The molecule has 1 fully saturated rings. The van der Waals surface area contributed by atoms with Crippen LogP contribution in [-0.2, 0) is 4.79 Å². The van der Waals surface area contributed by atoms with Crippen molar-refractivity contribution in [2.75, 3.05) is 19.1 Å². The van der Waals surface area contributed by atoms with Gasteiger partial charge in [-0.15, -0.1) is 0 Å². The van der Waals surface area contributed by atoms with Gasteiger partial charge in [-0.1, -0.05) is 19.3 Å². The number of ether oxygens (including phenoxy) is 1. The first kappa shape index (κ1) is 14.9. The van der Waals surface area contributed by atoms with E-state index in [4.69, 9.17) is 10.5 Å². The lowest BCUT2D eigenvalue weighted by molar-refractivity contribution is -0.122. The van der Waals surface area contributed by atoms with Gasteiger partial charge < -0.3 is 15.4 Å². The molecule has 1 aromatic carbocycles. The van der Waals surface area contributed by atoms with Crippen molar-refractivity contribution >= 4 is 11.6 Å². The summed E-state index contributed by atoms with van der Waals surface area (Å²) in [5.74, 6) is 0.870. The van der Waals surface area contributed by atoms with Gasteiger partial charge in [-0.25, -0.2) is 0 Å². The molecule has 110 valence electrons. The summed E-state index contributed by atoms with van der Waals surface area (Å²) >= 11 is 0. The smallest absolute Gasteiger partial charge is 0.231 e. The molecule has 0 aromatic heterocycles. The number of nitrogens with zero attached hydrogens (tertiary/aromatic N) is 1. The molecule has 1 aliphatic rings. The summed E-state index contributed by atoms with van der Waals surface area (Å²) in [6.07, 6.45) is 5.27. The quantitative estimate of drug-likeness (QED) is 0.863. The van der Waals surface area contributed by atoms with Crippen molar-refractivity contribution in [3.63, 3.8) is 0 Å². The number of nitrogens with two attached hydrogens (primary N) is 1. The van der Waals surface area contributed by atoms with Crippen molar-refractivity contribution in [2.45, 2.75) is 38.1 Å². The molecule has 0 saturated heterocycles. The minimum Gasteiger partial charge on any atom is -0.497 e. The molecule has 0 heterocycles. The first-order valence-electron chi connectivity index (χ1n) is 7.30. The second-order valence-corrected chi connectivity index (χ2v) is 5.50. The van der Waals surface area contributed by atoms with Crippen molar-refractivity contribution in [3.05, 3.63) is 24.3 Å². The van der Waals surface area contributed by atoms with Gasteiger partial charge >= 0.3 is 0 Å². The lowest BCUT2D eigenvalue weighted by Gasteiger charge is -2.26. The van der Waals surface area contributed by atoms with Gasteiger partial charge in [0.25, 0.3) is 0 Å². The summed E-state index contributed by atoms with van der Waals surface area (Å²) in [6, 6.07) is 7.53. The van der Waals surface area contributed by atoms with E-state index in [0.717, 1.165) is 37.1 Å². The summed E-state index contributed by atoms with van der Waals surface area (Å²) in [4.78, 5) is 14.3. The molecular weight excluding hydrogens is 252 g/mol. The molecule has 2 rings (SSSR count). The van der Waals surface area contributed by atoms with Gasteiger partial charge in [0.1, 0.15) is 5.75 Å². The molecule has 1 aliphatic carbocycles. The van der Waals surface area contributed by atoms with Crippen LogP contribution >= 0.6 is 0 Å². The molecule has 0 bridgehead atoms. The number of benzene rings is 1. The maximum atomic E-state index is 12.6. The molecule has 20 heavy (non-hydrogen) atoms. The fraction of sp³-hybridized carbons (Fsp3) is 0.562. The highest BCUT2D eigenvalue weighted by atomic mass is 16.5. The van der Waals surface area contributed by atoms with E-state index < -0.39 is 0 Å². The summed E-state index contributed by atoms with van der Waals surface area (Å²) < 4.78 is 5.14. The lowest BCUT2D eigenvalue weighted by atomic mass is 9.94. The predicted octanol–water partition coefficient (Wildman–Crippen LogP) is 2.57. The number of hydrogen-bond donors (Lipinski definition) is 1. The van der Waals surface area contributed by atoms with Gasteiger partial charge in [-0.05, 0) is 37.1 Å². The predicted molar refractivity (Wildman–Crippen MR) is 81.0 cm³/mol. The number of amides is 1. The first-order valence-corrected chi connectivity index (χ1v) is 7.30. The molecular formula is C16H24N2O2. The van der Waals surface area contributed by atoms with Gasteiger partial charge in [0.15, 0.2) is 0 Å². The molecule has 4 heteroatoms. The first-order chi connectivity index (χ1) is 9.63. The summed E-state index contributed by atoms with van der Waals surface area (Å²) in [5.41, 5.74) is 7.06. The number of rotatable bonds is 3. The third-order valence-electron chi connectivity index (χ3n) is 4.18. The molecule has 2 N–H and O–H groups in total. The number of hydrogen-bond acceptors (Lipinski definition) is 3. The van der Waals surface area contributed by atoms with Crippen molar-refractivity contribution in [1.29, 1.82) is 0 Å². The Kier molecular flexibility index (Phi) is 5.01. The Morgan fingerprint density at radius 1 is 1.20 bits per heavy atom. The van der Waals surface area contributed by atoms with Crippen LogP contribution in [0.3, 0.4) is 0 Å². The second-order valence-electron chi connectivity index (χ2n) is 5.50. The minimum absolute atomic E-state index is 0.00861. The highest BCUT2D eigenvalue weighted by molar-refractivity contribution is 5.95. The van der Waals surface area contributed by atoms with Gasteiger partial charge in [0.05, 0.1) is 13.0 Å². The van der Waals surface area contributed by atoms with E-state index in [1.165, 1.54) is 6.42 Å². The van der Waals surface area contributed by atoms with Crippen LogP contribution in [0.1, 0.15) is 32.1 Å². The number of anilines is 1. The second kappa shape index (κ2) is 6.75. The summed E-state index contributed by atoms with van der Waals surface area (Å²) in [6.45, 7) is 0. The third-order valence-corrected chi connectivity index (χ3v) is 4.18. The maximum Gasteiger partial charge on any atom is 0.231 e. The van der Waals surface area contributed by atoms with Gasteiger partial charge in [-0.2, -0.15) is 0 Å². The van der Waals surface area contributed by atoms with E-state index in [9.17, 15) is 4.79 Å². The molecule has 2 unspecified atom stereocenters. The van der Waals surface area contributed by atoms with E-state index in [-0.39, 0.29) is 17.9 Å². The maximum absolute atomic E-state index is 12.6. The number of carbonyl (C=O) groups excluding carboxylic acids is 1. The van der Waals surface area contributed by atoms with Gasteiger partial charge in [-0.3, -0.25) is 4.79 Å². The monoisotopic (exact) mass is 276 g/mol. The van der Waals surface area contributed by atoms with Crippen molar-refractivity contribution in [2.24, 2.45) is 11.7 Å². The van der Waals surface area contributed by atoms with Gasteiger partial charge in [0.2, 0.25) is 5.91 Å². The van der Waals surface area contributed by atoms with E-state index in [0.29, 0.717) is 0 Å². The number of carbonyl (C=O) groups is 1. The van der Waals surface area contributed by atoms with Gasteiger partial charge in [0, 0.05) is 18.8 Å². The minimum atomic E-state index is -0.0513. The van der Waals surface area contributed by atoms with Crippen molar-refractivity contribution < 1.29 is 9.53 Å². The third kappa shape index (κ3) is 3.31. The topological polar surface area (TPSA) is 55.6 Å². The van der Waals surface area contributed by atoms with Crippen molar-refractivity contribution in [1.82, 2.24) is 0 Å². The zero-order valence-electron chi connectivity index (χ0n) is 12.3. The van der Waals surface area contributed by atoms with Crippen LogP contribution < -0.4 is 15.4 Å². The molecule has 2 atom stereocenters. The lowest BCUT2D eigenvalue weighted by Crippen LogP contribution is -2.42. The SMILES string of the molecule is COc1ccc(N(C)C(=O)C2CCCCCC2N)cc1. The molecule has 1 aromatic rings. The Hall–Kier alpha value is -1.55. The fourth-order valence-corrected chi connectivity index (χ4v) is 2.82. The van der Waals surface area contributed by atoms with Crippen LogP contribution in [0.25, 0.3) is 0 Å². The van der Waals surface area contributed by atoms with E-state index in [1.807, 2.05) is 31.3 Å². The fourth-order valence-electron chi connectivity index (χ4n) is 2.82. The average Bonchev–Trinajstić information content (AvgIpc) is 2.70. The zero-order valence-corrected chi connectivity index (χ0v) is 12.3. The summed E-state index contributed by atoms with van der Waals surface area (Å²) in [7, 11) is 3.45. The molecule has 1 amide bonds. The number of methoxy groups -OCH3 is 1. The van der Waals surface area contributed by atoms with Crippen LogP contribution in [0, 0.1) is 5.92 Å². The molecule has 4 nitrogen and oxygen atoms in total. The Balaban J connectivity index is 2.09. The van der Waals surface area contributed by atoms with E-state index in [1.54, 1.807) is 12.0 Å². The molecule has 0 aliphatic heterocycles. The summed E-state index contributed by atoms with van der Waals surface area (Å²) in [5, 5.41) is 0. The zero-order chi connectivity index (χ0) is 14.5. The molecule has 0 spiro atoms. The van der Waals surface area contributed by atoms with E-state index in [2.05, 4.69) is 0 Å². The van der Waals surface area contributed by atoms with Crippen LogP contribution in [0.15, 0.2) is 24.3 Å². The van der Waals surface area contributed by atoms with Crippen molar-refractivity contribution in [3.8, 4) is 5.75 Å². The van der Waals surface area contributed by atoms with Crippen LogP contribution in [0.4, 0.5) is 5.69 Å². The van der Waals surface area contributed by atoms with Crippen LogP contribution in [0.5, 0.6) is 5.75 Å². The average molecular weight is 276 g/mol. The Labute approximate surface area is 120 Å². The van der Waals surface area contributed by atoms with Crippen LogP contribution in [0.2, 0.25) is 0 Å². The highest BCUT2D eigenvalue weighted by Crippen LogP contribution is 2.26. The molecule has 0 radical (unpaired) electrons. The Morgan fingerprint density at radius 2 is 1.85 bits per heavy atom. The normalized spacial score (nSPS) is 22.9. The largest absolute Gasteiger partial charge is 0.497 e. The Bertz CT molecular complexity index is 444. The molecule has 1 saturated carbocycles.